The van der Waals surface area contributed by atoms with Gasteiger partial charge < -0.3 is 14.7 Å². The second-order valence-electron chi connectivity index (χ2n) is 11.2. The number of nitrogens with zero attached hydrogens (tertiary/aromatic N) is 4. The maximum atomic E-state index is 15.5. The third kappa shape index (κ3) is 3.18. The van der Waals surface area contributed by atoms with Crippen LogP contribution in [0.25, 0.3) is 0 Å². The molecule has 0 spiro atoms. The Morgan fingerprint density at radius 3 is 2.59 bits per heavy atom. The summed E-state index contributed by atoms with van der Waals surface area (Å²) in [6.07, 6.45) is 5.34. The van der Waals surface area contributed by atoms with Crippen LogP contribution < -0.4 is 10.4 Å². The Kier molecular flexibility index (Phi) is 5.17. The molecule has 6 aliphatic rings. The topological polar surface area (TPSA) is 78.2 Å². The van der Waals surface area contributed by atoms with Gasteiger partial charge in [-0.05, 0) is 56.2 Å². The van der Waals surface area contributed by atoms with Gasteiger partial charge in [0.25, 0.3) is 5.91 Å². The minimum absolute atomic E-state index is 0.0787. The van der Waals surface area contributed by atoms with Crippen molar-refractivity contribution >= 4 is 5.91 Å². The van der Waals surface area contributed by atoms with Crippen LogP contribution in [-0.4, -0.2) is 64.5 Å². The molecule has 8 rings (SSSR count). The van der Waals surface area contributed by atoms with Crippen LogP contribution >= 0.6 is 0 Å². The number of rotatable bonds is 1. The van der Waals surface area contributed by atoms with E-state index in [-0.39, 0.29) is 24.3 Å². The van der Waals surface area contributed by atoms with Gasteiger partial charge in [-0.15, -0.1) is 0 Å². The zero-order chi connectivity index (χ0) is 25.6. The maximum absolute atomic E-state index is 15.5. The van der Waals surface area contributed by atoms with Crippen molar-refractivity contribution in [2.75, 3.05) is 31.8 Å². The number of ether oxygens (including phenoxy) is 1. The van der Waals surface area contributed by atoms with Crippen molar-refractivity contribution in [2.24, 2.45) is 17.8 Å². The van der Waals surface area contributed by atoms with E-state index in [2.05, 4.69) is 4.90 Å². The van der Waals surface area contributed by atoms with Crippen LogP contribution in [0.1, 0.15) is 53.3 Å². The monoisotopic (exact) mass is 512 g/mol. The Labute approximate surface area is 213 Å². The highest BCUT2D eigenvalue weighted by atomic mass is 19.2. The van der Waals surface area contributed by atoms with Crippen molar-refractivity contribution < 1.29 is 23.4 Å². The molecule has 1 saturated heterocycles. The van der Waals surface area contributed by atoms with Gasteiger partial charge in [0.15, 0.2) is 23.1 Å². The van der Waals surface area contributed by atoms with Gasteiger partial charge >= 0.3 is 0 Å². The number of pyridine rings is 1. The summed E-state index contributed by atoms with van der Waals surface area (Å²) in [5.74, 6) is -1.86. The normalized spacial score (nSPS) is 32.9. The van der Waals surface area contributed by atoms with Crippen LogP contribution in [0.15, 0.2) is 29.2 Å². The molecule has 37 heavy (non-hydrogen) atoms. The Morgan fingerprint density at radius 1 is 1.05 bits per heavy atom. The van der Waals surface area contributed by atoms with E-state index < -0.39 is 40.9 Å². The first-order valence-corrected chi connectivity index (χ1v) is 13.2. The van der Waals surface area contributed by atoms with Crippen molar-refractivity contribution in [3.8, 4) is 5.75 Å². The zero-order valence-corrected chi connectivity index (χ0v) is 20.6. The number of carbonyl (C=O) groups is 1. The predicted octanol–water partition coefficient (Wildman–Crippen LogP) is 2.57. The molecule has 1 amide bonds. The standard InChI is InChI=1S/C27H30F2N4O4/c1-30-12-17-16(6-7-18(28)22(17)29)24(21-14-2-4-15(5-3-14)23(21)30)33-20-13-37-11-10-31(20)27(36)25-26(35)19(34)8-9-32(25)33/h6-9,14-15,20-21,23-24,35H,2-5,10-13H2,1H3/t14?,15?,20?,21-,23-,24?/m1/s1. The van der Waals surface area contributed by atoms with Crippen molar-refractivity contribution in [1.82, 2.24) is 14.5 Å². The second kappa shape index (κ2) is 8.26. The lowest BCUT2D eigenvalue weighted by Gasteiger charge is -2.58. The number of morpholine rings is 1. The predicted molar refractivity (Wildman–Crippen MR) is 130 cm³/mol. The summed E-state index contributed by atoms with van der Waals surface area (Å²) in [4.78, 5) is 29.8. The molecule has 3 aliphatic carbocycles. The number of aromatic hydroxyl groups is 1. The van der Waals surface area contributed by atoms with Crippen LogP contribution in [0, 0.1) is 29.4 Å². The lowest BCUT2D eigenvalue weighted by atomic mass is 9.58. The molecular formula is C27H30F2N4O4. The summed E-state index contributed by atoms with van der Waals surface area (Å²) in [5, 5.41) is 12.8. The summed E-state index contributed by atoms with van der Waals surface area (Å²) in [7, 11) is 2.00. The molecular weight excluding hydrogens is 482 g/mol. The molecule has 0 radical (unpaired) electrons. The van der Waals surface area contributed by atoms with E-state index in [1.807, 2.05) is 12.1 Å². The Morgan fingerprint density at radius 2 is 1.81 bits per heavy atom. The minimum Gasteiger partial charge on any atom is -0.502 e. The molecule has 1 aromatic heterocycles. The first-order valence-electron chi connectivity index (χ1n) is 13.2. The van der Waals surface area contributed by atoms with Crippen LogP contribution in [-0.2, 0) is 11.3 Å². The molecule has 10 heteroatoms. The molecule has 4 heterocycles. The molecule has 2 unspecified atom stereocenters. The van der Waals surface area contributed by atoms with Gasteiger partial charge in [0.1, 0.15) is 6.17 Å². The minimum atomic E-state index is -0.878. The fourth-order valence-electron chi connectivity index (χ4n) is 8.04. The SMILES string of the molecule is CN1Cc2c(ccc(F)c2F)C(N2C3COCCN3C(=O)c3c(O)c(=O)ccn32)[C@@H]2C3CCC(CC3)[C@H]21. The van der Waals surface area contributed by atoms with Crippen molar-refractivity contribution in [1.29, 1.82) is 0 Å². The number of carbonyl (C=O) groups excluding carboxylic acids is 1. The Balaban J connectivity index is 1.51. The summed E-state index contributed by atoms with van der Waals surface area (Å²) >= 11 is 0. The van der Waals surface area contributed by atoms with Gasteiger partial charge in [0.2, 0.25) is 5.43 Å². The summed E-state index contributed by atoms with van der Waals surface area (Å²) in [6.45, 7) is 1.17. The van der Waals surface area contributed by atoms with E-state index in [1.165, 1.54) is 18.3 Å². The van der Waals surface area contributed by atoms with Crippen molar-refractivity contribution in [3.05, 3.63) is 63.1 Å². The molecule has 2 bridgehead atoms. The second-order valence-corrected chi connectivity index (χ2v) is 11.2. The van der Waals surface area contributed by atoms with Crippen LogP contribution in [0.2, 0.25) is 0 Å². The molecule has 2 aromatic rings. The number of hydrogen-bond donors (Lipinski definition) is 1. The summed E-state index contributed by atoms with van der Waals surface area (Å²) < 4.78 is 37.5. The maximum Gasteiger partial charge on any atom is 0.278 e. The van der Waals surface area contributed by atoms with Crippen LogP contribution in [0.3, 0.4) is 0 Å². The summed E-state index contributed by atoms with van der Waals surface area (Å²) in [6, 6.07) is 3.85. The number of benzene rings is 1. The summed E-state index contributed by atoms with van der Waals surface area (Å²) in [5.41, 5.74) is 0.294. The molecule has 8 nitrogen and oxygen atoms in total. The third-order valence-electron chi connectivity index (χ3n) is 9.53. The molecule has 4 atom stereocenters. The molecule has 3 saturated carbocycles. The van der Waals surface area contributed by atoms with E-state index in [0.717, 1.165) is 25.7 Å². The lowest BCUT2D eigenvalue weighted by Crippen LogP contribution is -2.68. The number of hydrogen-bond acceptors (Lipinski definition) is 6. The quantitative estimate of drug-likeness (QED) is 0.633. The van der Waals surface area contributed by atoms with E-state index in [0.29, 0.717) is 42.7 Å². The largest absolute Gasteiger partial charge is 0.502 e. The molecule has 196 valence electrons. The number of amides is 1. The highest BCUT2D eigenvalue weighted by molar-refractivity contribution is 5.96. The Bertz CT molecular complexity index is 1340. The average molecular weight is 513 g/mol. The molecule has 3 aliphatic heterocycles. The van der Waals surface area contributed by atoms with E-state index in [9.17, 15) is 19.1 Å². The van der Waals surface area contributed by atoms with Gasteiger partial charge in [0.05, 0.1) is 19.3 Å². The average Bonchev–Trinajstić information content (AvgIpc) is 3.05. The van der Waals surface area contributed by atoms with Gasteiger partial charge in [-0.2, -0.15) is 0 Å². The molecule has 4 fully saturated rings. The van der Waals surface area contributed by atoms with Gasteiger partial charge in [-0.1, -0.05) is 6.07 Å². The van der Waals surface area contributed by atoms with Crippen LogP contribution in [0.4, 0.5) is 8.78 Å². The van der Waals surface area contributed by atoms with Gasteiger partial charge in [-0.3, -0.25) is 24.2 Å². The Hall–Kier alpha value is -2.98. The van der Waals surface area contributed by atoms with E-state index >= 15 is 4.39 Å². The highest BCUT2D eigenvalue weighted by Crippen LogP contribution is 2.55. The number of aromatic nitrogens is 1. The lowest BCUT2D eigenvalue weighted by molar-refractivity contribution is -0.0510. The third-order valence-corrected chi connectivity index (χ3v) is 9.53. The van der Waals surface area contributed by atoms with Crippen molar-refractivity contribution in [2.45, 2.75) is 50.5 Å². The van der Waals surface area contributed by atoms with Crippen molar-refractivity contribution in [3.63, 3.8) is 0 Å². The highest BCUT2D eigenvalue weighted by Gasteiger charge is 2.55. The fraction of sp³-hybridized carbons (Fsp3) is 0.556. The van der Waals surface area contributed by atoms with Gasteiger partial charge in [-0.25, -0.2) is 8.78 Å². The first kappa shape index (κ1) is 23.2. The smallest absolute Gasteiger partial charge is 0.278 e. The number of fused-ring (bicyclic) bond motifs is 5. The fourth-order valence-corrected chi connectivity index (χ4v) is 8.04. The molecule has 1 N–H and O–H groups in total. The first-order chi connectivity index (χ1) is 17.9. The number of halogens is 2. The zero-order valence-electron chi connectivity index (χ0n) is 20.6. The van der Waals surface area contributed by atoms with E-state index in [1.54, 1.807) is 15.6 Å². The molecule has 1 aromatic carbocycles. The van der Waals surface area contributed by atoms with E-state index in [4.69, 9.17) is 4.74 Å². The van der Waals surface area contributed by atoms with Gasteiger partial charge in [0, 0.05) is 42.9 Å². The van der Waals surface area contributed by atoms with Crippen LogP contribution in [0.5, 0.6) is 5.75 Å².